The maximum atomic E-state index is 7.04. The van der Waals surface area contributed by atoms with Crippen LogP contribution >= 0.6 is 0 Å². The largest absolute Gasteiger partial charge is 0.404 e. The zero-order valence-electron chi connectivity index (χ0n) is 24.9. The number of hydrogen-bond donors (Lipinski definition) is 0. The van der Waals surface area contributed by atoms with Crippen molar-refractivity contribution in [3.8, 4) is 0 Å². The smallest absolute Gasteiger partial charge is 0.261 e. The van der Waals surface area contributed by atoms with E-state index in [1.54, 1.807) is 0 Å². The van der Waals surface area contributed by atoms with Crippen LogP contribution in [-0.2, 0) is 8.85 Å². The van der Waals surface area contributed by atoms with Crippen molar-refractivity contribution in [2.75, 3.05) is 13.2 Å². The van der Waals surface area contributed by atoms with E-state index in [2.05, 4.69) is 175 Å². The summed E-state index contributed by atoms with van der Waals surface area (Å²) in [6, 6.07) is 43.2. The molecule has 0 atom stereocenters. The molecule has 0 amide bonds. The SMILES string of the molecule is CC(C)(C)[Si](OC/C=C/CO[Si](c1ccccc1)(c1ccccc1)C(C)(C)C)(c1ccccc1)c1ccccc1. The van der Waals surface area contributed by atoms with Crippen LogP contribution in [0.3, 0.4) is 0 Å². The van der Waals surface area contributed by atoms with Crippen molar-refractivity contribution >= 4 is 37.4 Å². The molecule has 0 aliphatic rings. The van der Waals surface area contributed by atoms with E-state index in [1.807, 2.05) is 0 Å². The van der Waals surface area contributed by atoms with Gasteiger partial charge in [0.15, 0.2) is 0 Å². The van der Waals surface area contributed by atoms with E-state index >= 15 is 0 Å². The molecule has 0 spiro atoms. The highest BCUT2D eigenvalue weighted by Crippen LogP contribution is 2.38. The highest BCUT2D eigenvalue weighted by Gasteiger charge is 2.51. The van der Waals surface area contributed by atoms with Crippen molar-refractivity contribution in [2.45, 2.75) is 51.6 Å². The molecule has 208 valence electrons. The summed E-state index contributed by atoms with van der Waals surface area (Å²) in [7, 11) is -5.13. The van der Waals surface area contributed by atoms with Crippen LogP contribution in [0.15, 0.2) is 133 Å². The van der Waals surface area contributed by atoms with Crippen LogP contribution in [0, 0.1) is 0 Å². The Labute approximate surface area is 244 Å². The van der Waals surface area contributed by atoms with Gasteiger partial charge in [-0.2, -0.15) is 0 Å². The van der Waals surface area contributed by atoms with E-state index in [0.29, 0.717) is 13.2 Å². The van der Waals surface area contributed by atoms with E-state index in [1.165, 1.54) is 20.7 Å². The van der Waals surface area contributed by atoms with Gasteiger partial charge in [-0.1, -0.05) is 175 Å². The van der Waals surface area contributed by atoms with Gasteiger partial charge in [0.1, 0.15) is 0 Å². The van der Waals surface area contributed by atoms with Gasteiger partial charge >= 0.3 is 0 Å². The second kappa shape index (κ2) is 12.7. The van der Waals surface area contributed by atoms with E-state index in [9.17, 15) is 0 Å². The zero-order valence-corrected chi connectivity index (χ0v) is 26.9. The summed E-state index contributed by atoms with van der Waals surface area (Å²) in [5.41, 5.74) is 0. The maximum absolute atomic E-state index is 7.04. The first-order valence-electron chi connectivity index (χ1n) is 14.3. The minimum absolute atomic E-state index is 0.0467. The summed E-state index contributed by atoms with van der Waals surface area (Å²) >= 11 is 0. The lowest BCUT2D eigenvalue weighted by molar-refractivity contribution is 0.328. The van der Waals surface area contributed by atoms with Crippen LogP contribution in [0.1, 0.15) is 41.5 Å². The average Bonchev–Trinajstić information content (AvgIpc) is 2.95. The molecule has 4 rings (SSSR count). The van der Waals surface area contributed by atoms with Gasteiger partial charge in [-0.15, -0.1) is 0 Å². The second-order valence-corrected chi connectivity index (χ2v) is 21.0. The van der Waals surface area contributed by atoms with Crippen LogP contribution in [0.25, 0.3) is 0 Å². The Morgan fingerprint density at radius 2 is 0.650 bits per heavy atom. The number of hydrogen-bond acceptors (Lipinski definition) is 2. The highest BCUT2D eigenvalue weighted by atomic mass is 28.4. The van der Waals surface area contributed by atoms with Gasteiger partial charge in [0, 0.05) is 0 Å². The fraction of sp³-hybridized carbons (Fsp3) is 0.278. The molecule has 0 N–H and O–H groups in total. The van der Waals surface area contributed by atoms with Crippen LogP contribution in [0.5, 0.6) is 0 Å². The summed E-state index contributed by atoms with van der Waals surface area (Å²) in [6.45, 7) is 15.0. The highest BCUT2D eigenvalue weighted by molar-refractivity contribution is 7.00. The summed E-state index contributed by atoms with van der Waals surface area (Å²) in [6.07, 6.45) is 4.30. The van der Waals surface area contributed by atoms with Crippen molar-refractivity contribution in [3.63, 3.8) is 0 Å². The van der Waals surface area contributed by atoms with Gasteiger partial charge in [0.2, 0.25) is 0 Å². The normalized spacial score (nSPS) is 13.1. The fourth-order valence-electron chi connectivity index (χ4n) is 6.01. The monoisotopic (exact) mass is 564 g/mol. The molecule has 0 aliphatic heterocycles. The maximum Gasteiger partial charge on any atom is 0.261 e. The van der Waals surface area contributed by atoms with Crippen molar-refractivity contribution in [3.05, 3.63) is 133 Å². The molecule has 0 saturated carbocycles. The lowest BCUT2D eigenvalue weighted by Gasteiger charge is -2.43. The quantitative estimate of drug-likeness (QED) is 0.158. The molecule has 2 nitrogen and oxygen atoms in total. The summed E-state index contributed by atoms with van der Waals surface area (Å²) in [4.78, 5) is 0. The molecule has 0 aliphatic carbocycles. The topological polar surface area (TPSA) is 18.5 Å². The minimum Gasteiger partial charge on any atom is -0.404 e. The molecule has 40 heavy (non-hydrogen) atoms. The lowest BCUT2D eigenvalue weighted by atomic mass is 10.2. The molecular formula is C36H44O2Si2. The molecule has 4 aromatic rings. The van der Waals surface area contributed by atoms with Crippen LogP contribution in [-0.4, -0.2) is 29.8 Å². The van der Waals surface area contributed by atoms with Gasteiger partial charge in [-0.3, -0.25) is 0 Å². The summed E-state index contributed by atoms with van der Waals surface area (Å²) in [5, 5.41) is 5.09. The standard InChI is InChI=1S/C36H44O2Si2/c1-35(2,3)39(31-21-11-7-12-22-31,32-23-13-8-14-24-32)37-29-19-20-30-38-40(36(4,5)6,33-25-15-9-16-26-33)34-27-17-10-18-28-34/h7-28H,29-30H2,1-6H3/b20-19+. The zero-order chi connectivity index (χ0) is 28.7. The third-order valence-electron chi connectivity index (χ3n) is 7.79. The molecule has 0 radical (unpaired) electrons. The van der Waals surface area contributed by atoms with Gasteiger partial charge < -0.3 is 8.85 Å². The van der Waals surface area contributed by atoms with Crippen molar-refractivity contribution < 1.29 is 8.85 Å². The Kier molecular flexibility index (Phi) is 9.47. The van der Waals surface area contributed by atoms with E-state index < -0.39 is 16.6 Å². The third-order valence-corrected chi connectivity index (χ3v) is 17.8. The van der Waals surface area contributed by atoms with Gasteiger partial charge in [-0.25, -0.2) is 0 Å². The van der Waals surface area contributed by atoms with Crippen molar-refractivity contribution in [2.24, 2.45) is 0 Å². The average molecular weight is 565 g/mol. The molecule has 0 aromatic heterocycles. The first-order valence-corrected chi connectivity index (χ1v) is 18.1. The third kappa shape index (κ3) is 6.01. The molecule has 0 heterocycles. The van der Waals surface area contributed by atoms with E-state index in [0.717, 1.165) is 0 Å². The second-order valence-electron chi connectivity index (χ2n) is 12.4. The number of rotatable bonds is 10. The molecule has 0 unspecified atom stereocenters. The molecular weight excluding hydrogens is 521 g/mol. The molecule has 0 bridgehead atoms. The van der Waals surface area contributed by atoms with Crippen LogP contribution in [0.2, 0.25) is 10.1 Å². The molecule has 0 fully saturated rings. The molecule has 4 aromatic carbocycles. The van der Waals surface area contributed by atoms with Gasteiger partial charge in [0.05, 0.1) is 13.2 Å². The van der Waals surface area contributed by atoms with Crippen LogP contribution < -0.4 is 20.7 Å². The van der Waals surface area contributed by atoms with Crippen molar-refractivity contribution in [1.29, 1.82) is 0 Å². The Morgan fingerprint density at radius 3 is 0.850 bits per heavy atom. The summed E-state index contributed by atoms with van der Waals surface area (Å²) < 4.78 is 14.1. The van der Waals surface area contributed by atoms with Gasteiger partial charge in [0.25, 0.3) is 16.6 Å². The summed E-state index contributed by atoms with van der Waals surface area (Å²) in [5.74, 6) is 0. The predicted octanol–water partition coefficient (Wildman–Crippen LogP) is 6.70. The molecule has 0 saturated heterocycles. The van der Waals surface area contributed by atoms with E-state index in [4.69, 9.17) is 8.85 Å². The van der Waals surface area contributed by atoms with Gasteiger partial charge in [-0.05, 0) is 30.8 Å². The van der Waals surface area contributed by atoms with Crippen LogP contribution in [0.4, 0.5) is 0 Å². The van der Waals surface area contributed by atoms with Crippen molar-refractivity contribution in [1.82, 2.24) is 0 Å². The Balaban J connectivity index is 1.61. The predicted molar refractivity (Wildman–Crippen MR) is 176 cm³/mol. The first kappa shape index (κ1) is 29.9. The Bertz CT molecular complexity index is 1150. The Hall–Kier alpha value is -3.03. The van der Waals surface area contributed by atoms with E-state index in [-0.39, 0.29) is 10.1 Å². The minimum atomic E-state index is -2.56. The number of benzene rings is 4. The molecule has 4 heteroatoms. The first-order chi connectivity index (χ1) is 19.1. The Morgan fingerprint density at radius 1 is 0.425 bits per heavy atom. The lowest BCUT2D eigenvalue weighted by Crippen LogP contribution is -2.66. The fourth-order valence-corrected chi connectivity index (χ4v) is 15.0.